The van der Waals surface area contributed by atoms with Gasteiger partial charge in [0.1, 0.15) is 6.54 Å². The van der Waals surface area contributed by atoms with Crippen LogP contribution < -0.4 is 0 Å². The molecule has 0 aliphatic rings. The summed E-state index contributed by atoms with van der Waals surface area (Å²) >= 11 is 0. The van der Waals surface area contributed by atoms with Gasteiger partial charge in [0, 0.05) is 30.2 Å². The molecule has 6 heteroatoms. The van der Waals surface area contributed by atoms with E-state index in [-0.39, 0.29) is 23.1 Å². The number of benzene rings is 4. The van der Waals surface area contributed by atoms with Crippen LogP contribution in [0.2, 0.25) is 0 Å². The van der Waals surface area contributed by atoms with Gasteiger partial charge in [0.15, 0.2) is 9.84 Å². The van der Waals surface area contributed by atoms with E-state index in [2.05, 4.69) is 12.1 Å². The van der Waals surface area contributed by atoms with Gasteiger partial charge in [-0.2, -0.15) is 0 Å². The number of rotatable bonds is 10. The molecule has 5 aromatic rings. The molecule has 0 aliphatic heterocycles. The van der Waals surface area contributed by atoms with Gasteiger partial charge in [0.25, 0.3) is 0 Å². The molecular weight excluding hydrogens is 492 g/mol. The Morgan fingerprint density at radius 2 is 1.24 bits per heavy atom. The summed E-state index contributed by atoms with van der Waals surface area (Å²) in [7, 11) is -3.62. The molecule has 1 aromatic heterocycles. The summed E-state index contributed by atoms with van der Waals surface area (Å²) in [6.07, 6.45) is 2.36. The lowest BCUT2D eigenvalue weighted by Gasteiger charge is -2.23. The van der Waals surface area contributed by atoms with Crippen LogP contribution in [-0.2, 0) is 39.9 Å². The van der Waals surface area contributed by atoms with E-state index in [0.29, 0.717) is 18.5 Å². The lowest BCUT2D eigenvalue weighted by atomic mass is 10.1. The number of nitrogens with zero attached hydrogens (tertiary/aromatic N) is 2. The van der Waals surface area contributed by atoms with Gasteiger partial charge in [-0.15, -0.1) is 0 Å². The molecule has 1 amide bonds. The third kappa shape index (κ3) is 6.03. The molecule has 4 aromatic carbocycles. The van der Waals surface area contributed by atoms with Crippen molar-refractivity contribution in [3.8, 4) is 0 Å². The fourth-order valence-corrected chi connectivity index (χ4v) is 6.30. The molecular formula is C32H30N2O3S. The first-order valence-corrected chi connectivity index (χ1v) is 14.3. The molecule has 0 N–H and O–H groups in total. The Morgan fingerprint density at radius 3 is 1.89 bits per heavy atom. The summed E-state index contributed by atoms with van der Waals surface area (Å²) in [4.78, 5) is 15.8. The highest BCUT2D eigenvalue weighted by atomic mass is 32.2. The van der Waals surface area contributed by atoms with Gasteiger partial charge in [0.05, 0.1) is 10.6 Å². The number of carbonyl (C=O) groups excluding carboxylic acids is 1. The van der Waals surface area contributed by atoms with Crippen molar-refractivity contribution in [3.05, 3.63) is 138 Å². The minimum Gasteiger partial charge on any atom is -0.337 e. The van der Waals surface area contributed by atoms with E-state index in [9.17, 15) is 13.2 Å². The standard InChI is InChI=1S/C32H30N2O3S/c35-32(33(22-27-14-6-2-7-15-27)21-20-26-12-4-1-5-13-26)24-34-23-31(29-18-10-11-19-30(29)34)38(36,37)25-28-16-8-3-9-17-28/h1-19,23H,20-22,24-25H2. The first kappa shape index (κ1) is 25.5. The van der Waals surface area contributed by atoms with Gasteiger partial charge >= 0.3 is 0 Å². The predicted octanol–water partition coefficient (Wildman–Crippen LogP) is 5.89. The van der Waals surface area contributed by atoms with Crippen molar-refractivity contribution in [1.29, 1.82) is 0 Å². The van der Waals surface area contributed by atoms with E-state index < -0.39 is 9.84 Å². The maximum Gasteiger partial charge on any atom is 0.242 e. The normalized spacial score (nSPS) is 11.5. The monoisotopic (exact) mass is 522 g/mol. The SMILES string of the molecule is O=C(Cn1cc(S(=O)(=O)Cc2ccccc2)c2ccccc21)N(CCc1ccccc1)Cc1ccccc1. The maximum atomic E-state index is 13.7. The molecule has 1 heterocycles. The summed E-state index contributed by atoms with van der Waals surface area (Å²) in [5, 5.41) is 0.634. The maximum absolute atomic E-state index is 13.7. The Hall–Kier alpha value is -4.16. The third-order valence-corrected chi connectivity index (χ3v) is 8.38. The second-order valence-corrected chi connectivity index (χ2v) is 11.4. The third-order valence-electron chi connectivity index (χ3n) is 6.67. The fourth-order valence-electron chi connectivity index (χ4n) is 4.71. The average Bonchev–Trinajstić information content (AvgIpc) is 3.32. The number of amides is 1. The molecule has 5 nitrogen and oxygen atoms in total. The summed E-state index contributed by atoms with van der Waals surface area (Å²) < 4.78 is 28.7. The predicted molar refractivity (Wildman–Crippen MR) is 151 cm³/mol. The van der Waals surface area contributed by atoms with Crippen LogP contribution in [0.4, 0.5) is 0 Å². The van der Waals surface area contributed by atoms with Gasteiger partial charge in [-0.25, -0.2) is 8.42 Å². The molecule has 0 bridgehead atoms. The second kappa shape index (κ2) is 11.5. The molecule has 0 saturated heterocycles. The van der Waals surface area contributed by atoms with Gasteiger partial charge in [0.2, 0.25) is 5.91 Å². The Morgan fingerprint density at radius 1 is 0.684 bits per heavy atom. The Bertz CT molecular complexity index is 1610. The van der Waals surface area contributed by atoms with Gasteiger partial charge in [-0.05, 0) is 29.2 Å². The number of hydrogen-bond acceptors (Lipinski definition) is 3. The second-order valence-electron chi connectivity index (χ2n) is 9.42. The average molecular weight is 523 g/mol. The number of sulfone groups is 1. The van der Waals surface area contributed by atoms with Crippen molar-refractivity contribution in [2.24, 2.45) is 0 Å². The largest absolute Gasteiger partial charge is 0.337 e. The van der Waals surface area contributed by atoms with Crippen molar-refractivity contribution >= 4 is 26.6 Å². The summed E-state index contributed by atoms with van der Waals surface area (Å²) in [5.74, 6) is -0.148. The van der Waals surface area contributed by atoms with Gasteiger partial charge < -0.3 is 9.47 Å². The van der Waals surface area contributed by atoms with Crippen LogP contribution in [0.15, 0.2) is 126 Å². The molecule has 0 radical (unpaired) electrons. The Labute approximate surface area is 223 Å². The highest BCUT2D eigenvalue weighted by molar-refractivity contribution is 7.90. The number of para-hydroxylation sites is 1. The minimum atomic E-state index is -3.62. The van der Waals surface area contributed by atoms with Crippen molar-refractivity contribution < 1.29 is 13.2 Å². The van der Waals surface area contributed by atoms with Crippen LogP contribution in [0.3, 0.4) is 0 Å². The zero-order valence-electron chi connectivity index (χ0n) is 21.1. The highest BCUT2D eigenvalue weighted by Gasteiger charge is 2.23. The first-order valence-electron chi connectivity index (χ1n) is 12.7. The summed E-state index contributed by atoms with van der Waals surface area (Å²) in [6, 6.07) is 36.6. The van der Waals surface area contributed by atoms with E-state index in [1.54, 1.807) is 10.8 Å². The Kier molecular flexibility index (Phi) is 7.70. The topological polar surface area (TPSA) is 59.4 Å². The lowest BCUT2D eigenvalue weighted by Crippen LogP contribution is -2.35. The van der Waals surface area contributed by atoms with Crippen LogP contribution >= 0.6 is 0 Å². The van der Waals surface area contributed by atoms with E-state index in [1.165, 1.54) is 5.56 Å². The minimum absolute atomic E-state index is 0.0578. The molecule has 0 unspecified atom stereocenters. The molecule has 38 heavy (non-hydrogen) atoms. The van der Waals surface area contributed by atoms with Crippen LogP contribution in [-0.4, -0.2) is 30.3 Å². The van der Waals surface area contributed by atoms with Crippen LogP contribution in [0.5, 0.6) is 0 Å². The van der Waals surface area contributed by atoms with Crippen LogP contribution in [0, 0.1) is 0 Å². The molecule has 0 saturated carbocycles. The number of aromatic nitrogens is 1. The van der Waals surface area contributed by atoms with Crippen LogP contribution in [0.25, 0.3) is 10.9 Å². The first-order chi connectivity index (χ1) is 18.5. The zero-order chi connectivity index (χ0) is 26.4. The molecule has 0 aliphatic carbocycles. The molecule has 5 rings (SSSR count). The smallest absolute Gasteiger partial charge is 0.242 e. The molecule has 0 spiro atoms. The molecule has 0 fully saturated rings. The summed E-state index contributed by atoms with van der Waals surface area (Å²) in [6.45, 7) is 1.12. The number of hydrogen-bond donors (Lipinski definition) is 0. The number of fused-ring (bicyclic) bond motifs is 1. The molecule has 0 atom stereocenters. The van der Waals surface area contributed by atoms with Crippen molar-refractivity contribution in [3.63, 3.8) is 0 Å². The van der Waals surface area contributed by atoms with E-state index >= 15 is 0 Å². The van der Waals surface area contributed by atoms with Gasteiger partial charge in [-0.1, -0.05) is 109 Å². The van der Waals surface area contributed by atoms with Crippen molar-refractivity contribution in [2.45, 2.75) is 30.2 Å². The fraction of sp³-hybridized carbons (Fsp3) is 0.156. The summed E-state index contributed by atoms with van der Waals surface area (Å²) in [5.41, 5.74) is 3.68. The van der Waals surface area contributed by atoms with Crippen molar-refractivity contribution in [2.75, 3.05) is 6.54 Å². The van der Waals surface area contributed by atoms with E-state index in [1.807, 2.05) is 108 Å². The Balaban J connectivity index is 1.42. The lowest BCUT2D eigenvalue weighted by molar-refractivity contribution is -0.132. The number of carbonyl (C=O) groups is 1. The van der Waals surface area contributed by atoms with Crippen molar-refractivity contribution in [1.82, 2.24) is 9.47 Å². The quantitative estimate of drug-likeness (QED) is 0.230. The molecule has 192 valence electrons. The van der Waals surface area contributed by atoms with E-state index in [0.717, 1.165) is 23.1 Å². The van der Waals surface area contributed by atoms with E-state index in [4.69, 9.17) is 0 Å². The van der Waals surface area contributed by atoms with Crippen LogP contribution in [0.1, 0.15) is 16.7 Å². The highest BCUT2D eigenvalue weighted by Crippen LogP contribution is 2.28. The van der Waals surface area contributed by atoms with Gasteiger partial charge in [-0.3, -0.25) is 4.79 Å². The zero-order valence-corrected chi connectivity index (χ0v) is 21.9.